The number of hydrogen-bond acceptors (Lipinski definition) is 10. The van der Waals surface area contributed by atoms with Crippen molar-refractivity contribution in [2.24, 2.45) is 0 Å². The smallest absolute Gasteiger partial charge is 0.306 e. The normalized spacial score (nSPS) is 20.4. The van der Waals surface area contributed by atoms with E-state index in [1.807, 2.05) is 60.8 Å². The van der Waals surface area contributed by atoms with E-state index in [1.54, 1.807) is 6.08 Å². The van der Waals surface area contributed by atoms with E-state index in [1.165, 1.54) is 70.6 Å². The summed E-state index contributed by atoms with van der Waals surface area (Å²) in [7, 11) is 0. The third kappa shape index (κ3) is 37.4. The van der Waals surface area contributed by atoms with Crippen LogP contribution in [0.3, 0.4) is 0 Å². The second-order valence-corrected chi connectivity index (χ2v) is 19.1. The molecule has 6 N–H and O–H groups in total. The molecular weight excluding hydrogens is 919 g/mol. The number of amides is 1. The van der Waals surface area contributed by atoms with Gasteiger partial charge in [-0.15, -0.1) is 0 Å². The summed E-state index contributed by atoms with van der Waals surface area (Å²) in [5.74, 6) is -1.32. The largest absolute Gasteiger partial charge is 0.454 e. The number of carbonyl (C=O) groups excluding carboxylic acids is 2. The zero-order valence-electron chi connectivity index (χ0n) is 45.4. The van der Waals surface area contributed by atoms with Crippen molar-refractivity contribution in [3.05, 3.63) is 122 Å². The summed E-state index contributed by atoms with van der Waals surface area (Å²) in [6, 6.07) is -1.08. The minimum absolute atomic E-state index is 0.0700. The fraction of sp³-hybridized carbons (Fsp3) is 0.645. The first kappa shape index (κ1) is 67.1. The Kier molecular flexibility index (Phi) is 45.0. The summed E-state index contributed by atoms with van der Waals surface area (Å²) < 4.78 is 17.5. The van der Waals surface area contributed by atoms with E-state index in [-0.39, 0.29) is 19.4 Å². The van der Waals surface area contributed by atoms with Gasteiger partial charge >= 0.3 is 5.97 Å². The zero-order chi connectivity index (χ0) is 53.3. The highest BCUT2D eigenvalue weighted by Gasteiger charge is 2.47. The lowest BCUT2D eigenvalue weighted by Gasteiger charge is -2.41. The standard InChI is InChI=1S/C62H101NO10/c1-4-7-10-13-16-19-22-25-26-27-28-29-30-32-35-38-41-44-47-50-57(67)73-60-59(69)58(68)56(51-64)72-62(60)71-52-53(54(65)48-45-42-39-36-34-31-23-20-17-14-11-8-5-2)63-61(70)55(66)49-46-43-40-37-33-24-21-18-15-12-9-6-3/h9,12,15-16,18-19,21,24-26,28-29,32-33,35,37,40,43,45,48,53-56,58-60,62,64-66,68-69H,4-8,10-11,13-14,17,20,22-23,27,30-31,34,36,38-39,41-42,44,46-47,49-52H2,1-3H3,(H,63,70)/b12-9+,18-15+,19-16-,24-21-,26-25-,29-28-,35-32-,37-33-,43-40+,48-45+. The van der Waals surface area contributed by atoms with Crippen LogP contribution in [0.15, 0.2) is 122 Å². The van der Waals surface area contributed by atoms with Crippen LogP contribution in [0, 0.1) is 0 Å². The van der Waals surface area contributed by atoms with E-state index in [0.29, 0.717) is 12.8 Å². The van der Waals surface area contributed by atoms with Crippen molar-refractivity contribution < 1.29 is 49.3 Å². The maximum atomic E-state index is 13.3. The van der Waals surface area contributed by atoms with Crippen molar-refractivity contribution in [1.82, 2.24) is 5.32 Å². The topological polar surface area (TPSA) is 175 Å². The molecule has 1 amide bonds. The van der Waals surface area contributed by atoms with Crippen LogP contribution >= 0.6 is 0 Å². The van der Waals surface area contributed by atoms with Crippen LogP contribution in [0.1, 0.15) is 194 Å². The monoisotopic (exact) mass is 1020 g/mol. The van der Waals surface area contributed by atoms with Crippen molar-refractivity contribution in [1.29, 1.82) is 0 Å². The van der Waals surface area contributed by atoms with Gasteiger partial charge in [0.2, 0.25) is 5.91 Å². The van der Waals surface area contributed by atoms with Gasteiger partial charge in [-0.1, -0.05) is 226 Å². The Bertz CT molecular complexity index is 1640. The average molecular weight is 1020 g/mol. The molecule has 0 aromatic carbocycles. The van der Waals surface area contributed by atoms with Gasteiger partial charge in [-0.2, -0.15) is 0 Å². The van der Waals surface area contributed by atoms with Crippen LogP contribution in [0.25, 0.3) is 0 Å². The molecule has 0 saturated carbocycles. The van der Waals surface area contributed by atoms with Crippen molar-refractivity contribution in [3.63, 3.8) is 0 Å². The van der Waals surface area contributed by atoms with Crippen LogP contribution in [-0.2, 0) is 23.8 Å². The molecule has 1 fully saturated rings. The third-order valence-corrected chi connectivity index (χ3v) is 12.5. The SMILES string of the molecule is CC/C=C/C=C/C=C\C=C/C=C/CCC(O)C(=O)NC(COC1OC(CO)C(O)C(O)C1OC(=O)CCCCC/C=C\C/C=C\C/C=C\C/C=C\CCCCC)C(O)/C=C/CCCCCCCCCCCCC. The molecule has 8 atom stereocenters. The first-order valence-corrected chi connectivity index (χ1v) is 28.4. The molecule has 1 aliphatic rings. The molecule has 11 nitrogen and oxygen atoms in total. The lowest BCUT2D eigenvalue weighted by Crippen LogP contribution is -2.61. The summed E-state index contributed by atoms with van der Waals surface area (Å²) in [6.45, 7) is 5.51. The Hall–Kier alpha value is -3.94. The van der Waals surface area contributed by atoms with Gasteiger partial charge in [0.1, 0.15) is 24.4 Å². The lowest BCUT2D eigenvalue weighted by atomic mass is 9.99. The summed E-state index contributed by atoms with van der Waals surface area (Å²) in [5, 5.41) is 56.6. The molecular formula is C62H101NO10. The number of unbranched alkanes of at least 4 members (excludes halogenated alkanes) is 17. The molecule has 73 heavy (non-hydrogen) atoms. The molecule has 8 unspecified atom stereocenters. The van der Waals surface area contributed by atoms with Gasteiger partial charge in [0.25, 0.3) is 0 Å². The minimum Gasteiger partial charge on any atom is -0.454 e. The molecule has 11 heteroatoms. The number of rotatable bonds is 45. The van der Waals surface area contributed by atoms with Crippen LogP contribution in [0.5, 0.6) is 0 Å². The minimum atomic E-state index is -1.65. The first-order chi connectivity index (χ1) is 35.7. The van der Waals surface area contributed by atoms with E-state index in [9.17, 15) is 35.1 Å². The predicted octanol–water partition coefficient (Wildman–Crippen LogP) is 12.7. The number of allylic oxidation sites excluding steroid dienone is 19. The molecule has 1 saturated heterocycles. The summed E-state index contributed by atoms with van der Waals surface area (Å²) in [4.78, 5) is 26.4. The van der Waals surface area contributed by atoms with E-state index < -0.39 is 67.4 Å². The Morgan fingerprint density at radius 3 is 1.60 bits per heavy atom. The summed E-state index contributed by atoms with van der Waals surface area (Å²) in [6.07, 6.45) is 56.8. The van der Waals surface area contributed by atoms with Crippen LogP contribution in [-0.4, -0.2) is 99.6 Å². The fourth-order valence-corrected chi connectivity index (χ4v) is 7.95. The van der Waals surface area contributed by atoms with E-state index >= 15 is 0 Å². The highest BCUT2D eigenvalue weighted by Crippen LogP contribution is 2.26. The number of ether oxygens (including phenoxy) is 3. The molecule has 0 radical (unpaired) electrons. The highest BCUT2D eigenvalue weighted by atomic mass is 16.7. The summed E-state index contributed by atoms with van der Waals surface area (Å²) >= 11 is 0. The maximum absolute atomic E-state index is 13.3. The fourth-order valence-electron chi connectivity index (χ4n) is 7.95. The third-order valence-electron chi connectivity index (χ3n) is 12.5. The van der Waals surface area contributed by atoms with Gasteiger partial charge in [-0.25, -0.2) is 0 Å². The summed E-state index contributed by atoms with van der Waals surface area (Å²) in [5.41, 5.74) is 0. The number of nitrogens with one attached hydrogen (secondary N) is 1. The van der Waals surface area contributed by atoms with Gasteiger partial charge in [-0.3, -0.25) is 9.59 Å². The predicted molar refractivity (Wildman–Crippen MR) is 301 cm³/mol. The van der Waals surface area contributed by atoms with Crippen LogP contribution in [0.4, 0.5) is 0 Å². The van der Waals surface area contributed by atoms with Gasteiger partial charge < -0.3 is 45.1 Å². The lowest BCUT2D eigenvalue weighted by molar-refractivity contribution is -0.305. The molecule has 0 aliphatic carbocycles. The second kappa shape index (κ2) is 49.0. The molecule has 414 valence electrons. The zero-order valence-corrected chi connectivity index (χ0v) is 45.4. The number of hydrogen-bond donors (Lipinski definition) is 6. The van der Waals surface area contributed by atoms with Crippen LogP contribution in [0.2, 0.25) is 0 Å². The van der Waals surface area contributed by atoms with E-state index in [0.717, 1.165) is 77.0 Å². The van der Waals surface area contributed by atoms with Crippen molar-refractivity contribution in [2.45, 2.75) is 243 Å². The van der Waals surface area contributed by atoms with Gasteiger partial charge in [0.05, 0.1) is 25.4 Å². The number of carbonyl (C=O) groups is 2. The quantitative estimate of drug-likeness (QED) is 0.0149. The van der Waals surface area contributed by atoms with Crippen LogP contribution < -0.4 is 5.32 Å². The Morgan fingerprint density at radius 2 is 1.04 bits per heavy atom. The van der Waals surface area contributed by atoms with E-state index in [4.69, 9.17) is 14.2 Å². The Morgan fingerprint density at radius 1 is 0.562 bits per heavy atom. The molecule has 0 aromatic heterocycles. The number of aliphatic hydroxyl groups is 5. The molecule has 1 rings (SSSR count). The number of esters is 1. The Labute approximate surface area is 442 Å². The van der Waals surface area contributed by atoms with Crippen molar-refractivity contribution >= 4 is 11.9 Å². The second-order valence-electron chi connectivity index (χ2n) is 19.1. The average Bonchev–Trinajstić information content (AvgIpc) is 3.39. The number of aliphatic hydroxyl groups excluding tert-OH is 5. The molecule has 1 heterocycles. The van der Waals surface area contributed by atoms with Crippen molar-refractivity contribution in [3.8, 4) is 0 Å². The van der Waals surface area contributed by atoms with Crippen molar-refractivity contribution in [2.75, 3.05) is 13.2 Å². The molecule has 0 aromatic rings. The maximum Gasteiger partial charge on any atom is 0.306 e. The molecule has 1 aliphatic heterocycles. The van der Waals surface area contributed by atoms with Gasteiger partial charge in [0, 0.05) is 6.42 Å². The molecule has 0 spiro atoms. The van der Waals surface area contributed by atoms with Gasteiger partial charge in [0.15, 0.2) is 12.4 Å². The van der Waals surface area contributed by atoms with E-state index in [2.05, 4.69) is 80.8 Å². The van der Waals surface area contributed by atoms with Gasteiger partial charge in [-0.05, 0) is 83.5 Å². The highest BCUT2D eigenvalue weighted by molar-refractivity contribution is 5.80. The first-order valence-electron chi connectivity index (χ1n) is 28.4. The Balaban J connectivity index is 2.80. The molecule has 0 bridgehead atoms.